The first kappa shape index (κ1) is 16.7. The molecule has 0 fully saturated rings. The maximum absolute atomic E-state index is 5.56. The van der Waals surface area contributed by atoms with E-state index in [4.69, 9.17) is 9.47 Å². The second-order valence-electron chi connectivity index (χ2n) is 5.51. The molecule has 0 bridgehead atoms. The first-order valence-corrected chi connectivity index (χ1v) is 8.30. The monoisotopic (exact) mass is 268 g/mol. The van der Waals surface area contributed by atoms with Gasteiger partial charge in [0.05, 0.1) is 13.2 Å². The van der Waals surface area contributed by atoms with Crippen molar-refractivity contribution in [3.8, 4) is 0 Å². The summed E-state index contributed by atoms with van der Waals surface area (Å²) in [6.07, 6.45) is 19.1. The largest absolute Gasteiger partial charge is 0.377 e. The van der Waals surface area contributed by atoms with Crippen LogP contribution in [0.25, 0.3) is 0 Å². The molecule has 0 aromatic rings. The van der Waals surface area contributed by atoms with Crippen molar-refractivity contribution in [1.29, 1.82) is 0 Å². The molecule has 0 spiro atoms. The summed E-state index contributed by atoms with van der Waals surface area (Å²) in [7, 11) is 0. The van der Waals surface area contributed by atoms with Crippen LogP contribution in [0.2, 0.25) is 0 Å². The van der Waals surface area contributed by atoms with E-state index in [1.54, 1.807) is 0 Å². The third kappa shape index (κ3) is 12.4. The Morgan fingerprint density at radius 1 is 0.421 bits per heavy atom. The summed E-state index contributed by atoms with van der Waals surface area (Å²) < 4.78 is 11.1. The van der Waals surface area contributed by atoms with Gasteiger partial charge in [-0.1, -0.05) is 69.9 Å². The average molecular weight is 268 g/mol. The molecule has 112 valence electrons. The smallest absolute Gasteiger partial charge is 0.0648 e. The standard InChI is InChI=1S/C17H32O2/c1-2-4-6-8-10-14-18-16-12-13-17-19-15-11-9-7-5-3-1/h12-13H,1-11,14-17H2. The molecule has 0 aromatic heterocycles. The van der Waals surface area contributed by atoms with E-state index >= 15 is 0 Å². The molecule has 0 amide bonds. The van der Waals surface area contributed by atoms with Crippen LogP contribution in [0.5, 0.6) is 0 Å². The SMILES string of the molecule is C1=CCOCCCCCCCCCCCCCOC1. The normalized spacial score (nSPS) is 23.2. The van der Waals surface area contributed by atoms with Crippen LogP contribution in [0, 0.1) is 0 Å². The Balaban J connectivity index is 2.06. The summed E-state index contributed by atoms with van der Waals surface area (Å²) in [6, 6.07) is 0. The molecule has 0 aliphatic carbocycles. The molecule has 0 saturated carbocycles. The van der Waals surface area contributed by atoms with Crippen molar-refractivity contribution in [3.63, 3.8) is 0 Å². The van der Waals surface area contributed by atoms with Gasteiger partial charge >= 0.3 is 0 Å². The van der Waals surface area contributed by atoms with E-state index < -0.39 is 0 Å². The van der Waals surface area contributed by atoms with Gasteiger partial charge in [-0.3, -0.25) is 0 Å². The van der Waals surface area contributed by atoms with Gasteiger partial charge in [-0.25, -0.2) is 0 Å². The quantitative estimate of drug-likeness (QED) is 0.583. The Morgan fingerprint density at radius 2 is 0.737 bits per heavy atom. The molecule has 1 aliphatic heterocycles. The number of ether oxygens (including phenoxy) is 2. The Morgan fingerprint density at radius 3 is 1.11 bits per heavy atom. The van der Waals surface area contributed by atoms with Crippen LogP contribution in [-0.4, -0.2) is 26.4 Å². The summed E-state index contributed by atoms with van der Waals surface area (Å²) in [5, 5.41) is 0. The lowest BCUT2D eigenvalue weighted by atomic mass is 10.1. The molecule has 1 aliphatic rings. The molecule has 19 heavy (non-hydrogen) atoms. The molecule has 0 atom stereocenters. The fourth-order valence-corrected chi connectivity index (χ4v) is 2.44. The minimum atomic E-state index is 0.739. The third-order valence-corrected chi connectivity index (χ3v) is 3.67. The van der Waals surface area contributed by atoms with Crippen LogP contribution in [0.15, 0.2) is 12.2 Å². The van der Waals surface area contributed by atoms with E-state index in [0.29, 0.717) is 0 Å². The summed E-state index contributed by atoms with van der Waals surface area (Å²) in [4.78, 5) is 0. The highest BCUT2D eigenvalue weighted by atomic mass is 16.5. The second-order valence-corrected chi connectivity index (χ2v) is 5.51. The number of hydrogen-bond donors (Lipinski definition) is 0. The minimum absolute atomic E-state index is 0.739. The fourth-order valence-electron chi connectivity index (χ4n) is 2.44. The highest BCUT2D eigenvalue weighted by Crippen LogP contribution is 2.11. The van der Waals surface area contributed by atoms with Crippen molar-refractivity contribution in [2.45, 2.75) is 70.6 Å². The molecule has 2 nitrogen and oxygen atoms in total. The van der Waals surface area contributed by atoms with Crippen LogP contribution >= 0.6 is 0 Å². The van der Waals surface area contributed by atoms with Gasteiger partial charge in [-0.15, -0.1) is 0 Å². The van der Waals surface area contributed by atoms with Crippen LogP contribution in [0.3, 0.4) is 0 Å². The van der Waals surface area contributed by atoms with Crippen LogP contribution in [0.1, 0.15) is 70.6 Å². The average Bonchev–Trinajstić information content (AvgIpc) is 2.43. The highest BCUT2D eigenvalue weighted by Gasteiger charge is 1.94. The van der Waals surface area contributed by atoms with Gasteiger partial charge in [0.25, 0.3) is 0 Å². The predicted molar refractivity (Wildman–Crippen MR) is 81.6 cm³/mol. The number of hydrogen-bond acceptors (Lipinski definition) is 2. The van der Waals surface area contributed by atoms with Crippen molar-refractivity contribution in [2.75, 3.05) is 26.4 Å². The molecule has 0 radical (unpaired) electrons. The summed E-state index contributed by atoms with van der Waals surface area (Å²) in [5.41, 5.74) is 0. The van der Waals surface area contributed by atoms with Crippen LogP contribution in [0.4, 0.5) is 0 Å². The molecular weight excluding hydrogens is 236 g/mol. The van der Waals surface area contributed by atoms with E-state index in [1.165, 1.54) is 70.6 Å². The second kappa shape index (κ2) is 14.1. The summed E-state index contributed by atoms with van der Waals surface area (Å²) >= 11 is 0. The first-order chi connectivity index (χ1) is 9.50. The van der Waals surface area contributed by atoms with Crippen molar-refractivity contribution in [3.05, 3.63) is 12.2 Å². The molecule has 1 rings (SSSR count). The Kier molecular flexibility index (Phi) is 12.4. The predicted octanol–water partition coefficient (Wildman–Crippen LogP) is 4.88. The van der Waals surface area contributed by atoms with Gasteiger partial charge in [0.15, 0.2) is 0 Å². The Bertz CT molecular complexity index is 181. The van der Waals surface area contributed by atoms with E-state index in [2.05, 4.69) is 12.2 Å². The first-order valence-electron chi connectivity index (χ1n) is 8.30. The molecule has 0 N–H and O–H groups in total. The Labute approximate surface area is 119 Å². The third-order valence-electron chi connectivity index (χ3n) is 3.67. The van der Waals surface area contributed by atoms with Gasteiger partial charge in [-0.2, -0.15) is 0 Å². The molecule has 0 saturated heterocycles. The van der Waals surface area contributed by atoms with Gasteiger partial charge in [0.2, 0.25) is 0 Å². The van der Waals surface area contributed by atoms with Crippen LogP contribution in [-0.2, 0) is 9.47 Å². The van der Waals surface area contributed by atoms with Crippen molar-refractivity contribution >= 4 is 0 Å². The van der Waals surface area contributed by atoms with Crippen molar-refractivity contribution < 1.29 is 9.47 Å². The van der Waals surface area contributed by atoms with E-state index in [-0.39, 0.29) is 0 Å². The summed E-state index contributed by atoms with van der Waals surface area (Å²) in [6.45, 7) is 3.29. The minimum Gasteiger partial charge on any atom is -0.377 e. The van der Waals surface area contributed by atoms with E-state index in [0.717, 1.165) is 26.4 Å². The van der Waals surface area contributed by atoms with Gasteiger partial charge in [0.1, 0.15) is 0 Å². The van der Waals surface area contributed by atoms with Gasteiger partial charge < -0.3 is 9.47 Å². The fraction of sp³-hybridized carbons (Fsp3) is 0.882. The maximum atomic E-state index is 5.56. The lowest BCUT2D eigenvalue weighted by Gasteiger charge is -2.03. The zero-order chi connectivity index (χ0) is 13.4. The maximum Gasteiger partial charge on any atom is 0.0648 e. The number of rotatable bonds is 0. The van der Waals surface area contributed by atoms with Gasteiger partial charge in [0, 0.05) is 13.2 Å². The molecule has 0 aromatic carbocycles. The Hall–Kier alpha value is -0.340. The van der Waals surface area contributed by atoms with Crippen molar-refractivity contribution in [1.82, 2.24) is 0 Å². The van der Waals surface area contributed by atoms with E-state index in [9.17, 15) is 0 Å². The lowest BCUT2D eigenvalue weighted by molar-refractivity contribution is 0.149. The molecule has 1 heterocycles. The molecule has 2 heteroatoms. The highest BCUT2D eigenvalue weighted by molar-refractivity contribution is 4.81. The van der Waals surface area contributed by atoms with Gasteiger partial charge in [-0.05, 0) is 12.8 Å². The van der Waals surface area contributed by atoms with Crippen LogP contribution < -0.4 is 0 Å². The van der Waals surface area contributed by atoms with E-state index in [1.807, 2.05) is 0 Å². The van der Waals surface area contributed by atoms with Crippen molar-refractivity contribution in [2.24, 2.45) is 0 Å². The molecule has 0 unspecified atom stereocenters. The topological polar surface area (TPSA) is 18.5 Å². The zero-order valence-electron chi connectivity index (χ0n) is 12.6. The summed E-state index contributed by atoms with van der Waals surface area (Å²) in [5.74, 6) is 0. The molecular formula is C17H32O2. The zero-order valence-corrected chi connectivity index (χ0v) is 12.6. The lowest BCUT2D eigenvalue weighted by Crippen LogP contribution is -1.96.